The van der Waals surface area contributed by atoms with Gasteiger partial charge >= 0.3 is 0 Å². The first-order valence-corrected chi connectivity index (χ1v) is 8.31. The van der Waals surface area contributed by atoms with Gasteiger partial charge in [0.2, 0.25) is 0 Å². The molecule has 0 N–H and O–H groups in total. The Labute approximate surface area is 138 Å². The molecule has 0 spiro atoms. The zero-order chi connectivity index (χ0) is 17.4. The van der Waals surface area contributed by atoms with Crippen LogP contribution in [0.2, 0.25) is 0 Å². The van der Waals surface area contributed by atoms with Crippen LogP contribution >= 0.6 is 0 Å². The topological polar surface area (TPSA) is 30.0 Å². The smallest absolute Gasteiger partial charge is 0.163 e. The molecule has 0 fully saturated rings. The molecule has 1 heterocycles. The Balaban J connectivity index is 2.79. The quantitative estimate of drug-likeness (QED) is 0.681. The van der Waals surface area contributed by atoms with Crippen LogP contribution in [-0.4, -0.2) is 10.8 Å². The Kier molecular flexibility index (Phi) is 4.88. The third-order valence-electron chi connectivity index (χ3n) is 4.43. The number of carbonyl (C=O) groups is 1. The number of hydrogen-bond acceptors (Lipinski definition) is 2. The van der Waals surface area contributed by atoms with Crippen molar-refractivity contribution in [2.75, 3.05) is 0 Å². The van der Waals surface area contributed by atoms with Gasteiger partial charge in [-0.3, -0.25) is 4.79 Å². The van der Waals surface area contributed by atoms with Crippen LogP contribution in [-0.2, 0) is 5.41 Å². The molecular formula is C20H26FNO. The van der Waals surface area contributed by atoms with Crippen LogP contribution < -0.4 is 0 Å². The van der Waals surface area contributed by atoms with E-state index >= 15 is 0 Å². The largest absolute Gasteiger partial charge is 0.294 e. The summed E-state index contributed by atoms with van der Waals surface area (Å²) in [6.45, 7) is 11.9. The SMILES string of the molecule is CCCCC(=O)c1c(C)c(C)nc2c(F)cc(C(C)(C)C)cc12. The minimum absolute atomic E-state index is 0.0882. The summed E-state index contributed by atoms with van der Waals surface area (Å²) < 4.78 is 14.6. The number of hydrogen-bond donors (Lipinski definition) is 0. The second-order valence-corrected chi connectivity index (χ2v) is 7.33. The van der Waals surface area contributed by atoms with E-state index in [-0.39, 0.29) is 17.0 Å². The molecule has 0 aliphatic carbocycles. The third kappa shape index (κ3) is 3.44. The van der Waals surface area contributed by atoms with E-state index in [0.717, 1.165) is 29.7 Å². The average molecular weight is 315 g/mol. The van der Waals surface area contributed by atoms with Crippen LogP contribution in [0.3, 0.4) is 0 Å². The average Bonchev–Trinajstić information content (AvgIpc) is 2.46. The second kappa shape index (κ2) is 6.38. The maximum Gasteiger partial charge on any atom is 0.163 e. The minimum atomic E-state index is -0.347. The maximum atomic E-state index is 14.6. The minimum Gasteiger partial charge on any atom is -0.294 e. The Hall–Kier alpha value is -1.77. The summed E-state index contributed by atoms with van der Waals surface area (Å²) in [5, 5.41) is 0.652. The van der Waals surface area contributed by atoms with E-state index in [1.807, 2.05) is 40.7 Å². The molecular weight excluding hydrogens is 289 g/mol. The number of aromatic nitrogens is 1. The molecule has 0 radical (unpaired) electrons. The highest BCUT2D eigenvalue weighted by Crippen LogP contribution is 2.32. The predicted octanol–water partition coefficient (Wildman–Crippen LogP) is 5.66. The van der Waals surface area contributed by atoms with E-state index in [1.165, 1.54) is 0 Å². The molecule has 1 aromatic carbocycles. The van der Waals surface area contributed by atoms with Crippen molar-refractivity contribution in [2.45, 2.75) is 66.2 Å². The van der Waals surface area contributed by atoms with Crippen LogP contribution in [0.5, 0.6) is 0 Å². The zero-order valence-electron chi connectivity index (χ0n) is 15.0. The highest BCUT2D eigenvalue weighted by molar-refractivity contribution is 6.09. The van der Waals surface area contributed by atoms with Gasteiger partial charge in [-0.05, 0) is 48.9 Å². The molecule has 0 saturated heterocycles. The molecule has 3 heteroatoms. The van der Waals surface area contributed by atoms with Gasteiger partial charge in [0.05, 0.1) is 0 Å². The van der Waals surface area contributed by atoms with E-state index in [1.54, 1.807) is 6.07 Å². The first-order valence-electron chi connectivity index (χ1n) is 8.31. The van der Waals surface area contributed by atoms with Crippen molar-refractivity contribution in [3.05, 3.63) is 40.3 Å². The van der Waals surface area contributed by atoms with Crippen molar-refractivity contribution in [1.82, 2.24) is 4.98 Å². The Morgan fingerprint density at radius 3 is 2.43 bits per heavy atom. The summed E-state index contributed by atoms with van der Waals surface area (Å²) in [6, 6.07) is 3.49. The van der Waals surface area contributed by atoms with Crippen molar-refractivity contribution in [3.63, 3.8) is 0 Å². The number of unbranched alkanes of at least 4 members (excludes halogenated alkanes) is 1. The molecule has 0 atom stereocenters. The summed E-state index contributed by atoms with van der Waals surface area (Å²) in [5.74, 6) is -0.259. The number of benzene rings is 1. The molecule has 0 amide bonds. The summed E-state index contributed by atoms with van der Waals surface area (Å²) >= 11 is 0. The molecule has 0 aliphatic rings. The lowest BCUT2D eigenvalue weighted by Crippen LogP contribution is -2.13. The van der Waals surface area contributed by atoms with Crippen molar-refractivity contribution < 1.29 is 9.18 Å². The Morgan fingerprint density at radius 1 is 1.22 bits per heavy atom. The van der Waals surface area contributed by atoms with Gasteiger partial charge in [-0.25, -0.2) is 9.37 Å². The molecule has 0 bridgehead atoms. The van der Waals surface area contributed by atoms with E-state index in [9.17, 15) is 9.18 Å². The first-order chi connectivity index (χ1) is 10.7. The predicted molar refractivity (Wildman–Crippen MR) is 93.7 cm³/mol. The number of Topliss-reactive ketones (excluding diaryl/α,β-unsaturated/α-hetero) is 1. The van der Waals surface area contributed by atoms with E-state index in [4.69, 9.17) is 0 Å². The van der Waals surface area contributed by atoms with Gasteiger partial charge in [0.15, 0.2) is 5.78 Å². The molecule has 23 heavy (non-hydrogen) atoms. The molecule has 0 unspecified atom stereocenters. The fraction of sp³-hybridized carbons (Fsp3) is 0.500. The number of nitrogens with zero attached hydrogens (tertiary/aromatic N) is 1. The van der Waals surface area contributed by atoms with Crippen molar-refractivity contribution in [3.8, 4) is 0 Å². The number of pyridine rings is 1. The highest BCUT2D eigenvalue weighted by Gasteiger charge is 2.22. The first kappa shape index (κ1) is 17.6. The van der Waals surface area contributed by atoms with Crippen molar-refractivity contribution in [2.24, 2.45) is 0 Å². The van der Waals surface area contributed by atoms with Gasteiger partial charge in [-0.2, -0.15) is 0 Å². The van der Waals surface area contributed by atoms with E-state index in [2.05, 4.69) is 11.9 Å². The van der Waals surface area contributed by atoms with Gasteiger partial charge in [0, 0.05) is 23.1 Å². The molecule has 0 aliphatic heterocycles. The van der Waals surface area contributed by atoms with Gasteiger partial charge in [-0.1, -0.05) is 34.1 Å². The van der Waals surface area contributed by atoms with Gasteiger partial charge in [-0.15, -0.1) is 0 Å². The highest BCUT2D eigenvalue weighted by atomic mass is 19.1. The summed E-state index contributed by atoms with van der Waals surface area (Å²) in [6.07, 6.45) is 2.31. The molecule has 0 saturated carbocycles. The van der Waals surface area contributed by atoms with Crippen LogP contribution in [0.1, 0.15) is 74.1 Å². The zero-order valence-corrected chi connectivity index (χ0v) is 15.0. The van der Waals surface area contributed by atoms with Crippen molar-refractivity contribution in [1.29, 1.82) is 0 Å². The molecule has 2 nitrogen and oxygen atoms in total. The molecule has 124 valence electrons. The van der Waals surface area contributed by atoms with E-state index < -0.39 is 0 Å². The molecule has 2 rings (SSSR count). The number of rotatable bonds is 4. The van der Waals surface area contributed by atoms with Gasteiger partial charge < -0.3 is 0 Å². The molecule has 2 aromatic rings. The van der Waals surface area contributed by atoms with Crippen LogP contribution in [0, 0.1) is 19.7 Å². The Morgan fingerprint density at radius 2 is 1.87 bits per heavy atom. The fourth-order valence-electron chi connectivity index (χ4n) is 2.79. The lowest BCUT2D eigenvalue weighted by molar-refractivity contribution is 0.0980. The normalized spacial score (nSPS) is 12.0. The van der Waals surface area contributed by atoms with E-state index in [0.29, 0.717) is 22.9 Å². The summed E-state index contributed by atoms with van der Waals surface area (Å²) in [5.41, 5.74) is 3.24. The number of aryl methyl sites for hydroxylation is 1. The van der Waals surface area contributed by atoms with Gasteiger partial charge in [0.25, 0.3) is 0 Å². The lowest BCUT2D eigenvalue weighted by Gasteiger charge is -2.21. The second-order valence-electron chi connectivity index (χ2n) is 7.33. The standard InChI is InChI=1S/C20H26FNO/c1-7-8-9-17(23)18-12(2)13(3)22-19-15(18)10-14(11-16(19)21)20(4,5)6/h10-11H,7-9H2,1-6H3. The third-order valence-corrected chi connectivity index (χ3v) is 4.43. The number of halogens is 1. The maximum absolute atomic E-state index is 14.6. The monoisotopic (exact) mass is 315 g/mol. The van der Waals surface area contributed by atoms with Crippen LogP contribution in [0.25, 0.3) is 10.9 Å². The van der Waals surface area contributed by atoms with Gasteiger partial charge in [0.1, 0.15) is 11.3 Å². The number of ketones is 1. The fourth-order valence-corrected chi connectivity index (χ4v) is 2.79. The number of carbonyl (C=O) groups excluding carboxylic acids is 1. The summed E-state index contributed by atoms with van der Waals surface area (Å²) in [4.78, 5) is 17.1. The number of fused-ring (bicyclic) bond motifs is 1. The Bertz CT molecular complexity index is 757. The molecule has 1 aromatic heterocycles. The van der Waals surface area contributed by atoms with Crippen LogP contribution in [0.4, 0.5) is 4.39 Å². The lowest BCUT2D eigenvalue weighted by atomic mass is 9.84. The van der Waals surface area contributed by atoms with Crippen LogP contribution in [0.15, 0.2) is 12.1 Å². The summed E-state index contributed by atoms with van der Waals surface area (Å²) in [7, 11) is 0. The van der Waals surface area contributed by atoms with Crippen molar-refractivity contribution >= 4 is 16.7 Å².